The normalized spacial score (nSPS) is 14.1. The van der Waals surface area contributed by atoms with Gasteiger partial charge in [-0.2, -0.15) is 0 Å². The Balaban J connectivity index is 1.47. The Labute approximate surface area is 148 Å². The van der Waals surface area contributed by atoms with E-state index in [4.69, 9.17) is 4.42 Å². The molecule has 0 amide bonds. The van der Waals surface area contributed by atoms with Crippen molar-refractivity contribution in [1.82, 2.24) is 9.71 Å². The van der Waals surface area contributed by atoms with E-state index in [2.05, 4.69) is 9.71 Å². The molecule has 130 valence electrons. The van der Waals surface area contributed by atoms with Gasteiger partial charge < -0.3 is 4.42 Å². The first-order chi connectivity index (χ1) is 12.0. The Kier molecular flexibility index (Phi) is 4.18. The largest absolute Gasteiger partial charge is 0.423 e. The first kappa shape index (κ1) is 16.4. The molecule has 1 N–H and O–H groups in total. The molecule has 1 aromatic carbocycles. The smallest absolute Gasteiger partial charge is 0.336 e. The number of thiazole rings is 1. The van der Waals surface area contributed by atoms with E-state index in [0.29, 0.717) is 23.9 Å². The molecule has 0 aliphatic heterocycles. The first-order valence-corrected chi connectivity index (χ1v) is 10.3. The monoisotopic (exact) mass is 376 g/mol. The van der Waals surface area contributed by atoms with Crippen LogP contribution in [0.2, 0.25) is 0 Å². The Morgan fingerprint density at radius 2 is 2.08 bits per heavy atom. The van der Waals surface area contributed by atoms with Gasteiger partial charge in [0.05, 0.1) is 15.6 Å². The van der Waals surface area contributed by atoms with Crippen LogP contribution in [0.3, 0.4) is 0 Å². The van der Waals surface area contributed by atoms with Crippen LogP contribution >= 0.6 is 11.3 Å². The van der Waals surface area contributed by atoms with Crippen molar-refractivity contribution >= 4 is 32.3 Å². The van der Waals surface area contributed by atoms with Gasteiger partial charge in [-0.1, -0.05) is 0 Å². The van der Waals surface area contributed by atoms with Crippen molar-refractivity contribution < 1.29 is 12.8 Å². The zero-order valence-corrected chi connectivity index (χ0v) is 15.0. The lowest BCUT2D eigenvalue weighted by atomic mass is 10.2. The Morgan fingerprint density at radius 1 is 1.20 bits per heavy atom. The fourth-order valence-corrected chi connectivity index (χ4v) is 5.17. The van der Waals surface area contributed by atoms with Crippen LogP contribution in [0.25, 0.3) is 11.0 Å². The minimum Gasteiger partial charge on any atom is -0.423 e. The number of nitrogens with one attached hydrogen (secondary N) is 1. The molecule has 0 unspecified atom stereocenters. The number of benzene rings is 1. The summed E-state index contributed by atoms with van der Waals surface area (Å²) in [5.74, 6) is 0. The molecule has 0 radical (unpaired) electrons. The number of aryl methyl sites for hydroxylation is 2. The second-order valence-electron chi connectivity index (χ2n) is 5.93. The summed E-state index contributed by atoms with van der Waals surface area (Å²) in [5, 5.41) is 1.55. The van der Waals surface area contributed by atoms with Gasteiger partial charge in [-0.3, -0.25) is 0 Å². The van der Waals surface area contributed by atoms with E-state index < -0.39 is 15.6 Å². The highest BCUT2D eigenvalue weighted by Gasteiger charge is 2.18. The van der Waals surface area contributed by atoms with Gasteiger partial charge in [0.2, 0.25) is 10.0 Å². The van der Waals surface area contributed by atoms with Crippen LogP contribution in [0.1, 0.15) is 22.0 Å². The van der Waals surface area contributed by atoms with Crippen molar-refractivity contribution in [3.05, 3.63) is 56.3 Å². The molecule has 2 heterocycles. The summed E-state index contributed by atoms with van der Waals surface area (Å²) in [5.41, 5.74) is 1.08. The molecular weight excluding hydrogens is 360 g/mol. The third kappa shape index (κ3) is 3.37. The van der Waals surface area contributed by atoms with Gasteiger partial charge in [-0.15, -0.1) is 11.3 Å². The fourth-order valence-electron chi connectivity index (χ4n) is 2.94. The van der Waals surface area contributed by atoms with Crippen LogP contribution in [0.15, 0.2) is 44.4 Å². The van der Waals surface area contributed by atoms with E-state index in [-0.39, 0.29) is 4.90 Å². The highest BCUT2D eigenvalue weighted by Crippen LogP contribution is 2.27. The molecule has 2 aromatic heterocycles. The molecular formula is C17H16N2O4S2. The van der Waals surface area contributed by atoms with E-state index in [1.54, 1.807) is 17.4 Å². The van der Waals surface area contributed by atoms with Crippen molar-refractivity contribution in [3.63, 3.8) is 0 Å². The average molecular weight is 376 g/mol. The summed E-state index contributed by atoms with van der Waals surface area (Å²) in [6.07, 6.45) is 3.87. The van der Waals surface area contributed by atoms with Crippen LogP contribution in [-0.2, 0) is 29.3 Å². The highest BCUT2D eigenvalue weighted by atomic mass is 32.2. The Bertz CT molecular complexity index is 1080. The third-order valence-corrected chi connectivity index (χ3v) is 6.85. The van der Waals surface area contributed by atoms with Gasteiger partial charge in [-0.05, 0) is 43.5 Å². The number of fused-ring (bicyclic) bond motifs is 2. The zero-order valence-electron chi connectivity index (χ0n) is 13.3. The maximum Gasteiger partial charge on any atom is 0.336 e. The van der Waals surface area contributed by atoms with Gasteiger partial charge >= 0.3 is 5.63 Å². The molecule has 0 saturated heterocycles. The predicted molar refractivity (Wildman–Crippen MR) is 95.5 cm³/mol. The van der Waals surface area contributed by atoms with Crippen LogP contribution in [-0.4, -0.2) is 19.9 Å². The maximum absolute atomic E-state index is 12.5. The molecule has 6 nitrogen and oxygen atoms in total. The van der Waals surface area contributed by atoms with E-state index >= 15 is 0 Å². The van der Waals surface area contributed by atoms with Crippen LogP contribution in [0.4, 0.5) is 0 Å². The second-order valence-corrected chi connectivity index (χ2v) is 8.87. The second kappa shape index (κ2) is 6.36. The maximum atomic E-state index is 12.5. The van der Waals surface area contributed by atoms with Gasteiger partial charge in [0.1, 0.15) is 5.58 Å². The molecule has 25 heavy (non-hydrogen) atoms. The first-order valence-electron chi connectivity index (χ1n) is 8.02. The van der Waals surface area contributed by atoms with Gasteiger partial charge in [0, 0.05) is 29.3 Å². The van der Waals surface area contributed by atoms with E-state index in [0.717, 1.165) is 17.8 Å². The summed E-state index contributed by atoms with van der Waals surface area (Å²) in [6, 6.07) is 7.26. The summed E-state index contributed by atoms with van der Waals surface area (Å²) < 4.78 is 32.5. The van der Waals surface area contributed by atoms with Crippen molar-refractivity contribution in [1.29, 1.82) is 0 Å². The molecule has 3 aromatic rings. The predicted octanol–water partition coefficient (Wildman–Crippen LogP) is 2.26. The van der Waals surface area contributed by atoms with Crippen LogP contribution in [0, 0.1) is 0 Å². The minimum absolute atomic E-state index is 0.149. The van der Waals surface area contributed by atoms with E-state index in [1.165, 1.54) is 41.3 Å². The number of aromatic nitrogens is 1. The van der Waals surface area contributed by atoms with E-state index in [9.17, 15) is 13.2 Å². The lowest BCUT2D eigenvalue weighted by Gasteiger charge is -2.06. The van der Waals surface area contributed by atoms with Crippen LogP contribution < -0.4 is 10.3 Å². The zero-order chi connectivity index (χ0) is 17.4. The summed E-state index contributed by atoms with van der Waals surface area (Å²) in [7, 11) is -3.62. The number of sulfonamides is 1. The molecule has 0 atom stereocenters. The Morgan fingerprint density at radius 3 is 2.92 bits per heavy atom. The summed E-state index contributed by atoms with van der Waals surface area (Å²) in [4.78, 5) is 17.3. The van der Waals surface area contributed by atoms with Crippen LogP contribution in [0.5, 0.6) is 0 Å². The van der Waals surface area contributed by atoms with Gasteiger partial charge in [-0.25, -0.2) is 22.9 Å². The number of nitrogens with zero attached hydrogens (tertiary/aromatic N) is 1. The molecule has 4 rings (SSSR count). The molecule has 0 bridgehead atoms. The fraction of sp³-hybridized carbons (Fsp3) is 0.294. The number of rotatable bonds is 5. The molecule has 0 saturated carbocycles. The lowest BCUT2D eigenvalue weighted by Crippen LogP contribution is -2.26. The lowest BCUT2D eigenvalue weighted by molar-refractivity contribution is 0.560. The van der Waals surface area contributed by atoms with Crippen molar-refractivity contribution in [2.24, 2.45) is 0 Å². The molecule has 8 heteroatoms. The van der Waals surface area contributed by atoms with Gasteiger partial charge in [0.25, 0.3) is 0 Å². The molecule has 1 aliphatic carbocycles. The quantitative estimate of drug-likeness (QED) is 0.690. The molecule has 1 aliphatic rings. The van der Waals surface area contributed by atoms with Crippen molar-refractivity contribution in [3.8, 4) is 0 Å². The van der Waals surface area contributed by atoms with E-state index in [1.807, 2.05) is 0 Å². The highest BCUT2D eigenvalue weighted by molar-refractivity contribution is 7.89. The molecule has 0 fully saturated rings. The SMILES string of the molecule is O=c1ccc2cc(S(=O)(=O)NCCc3nc4c(s3)CCC4)ccc2o1. The third-order valence-electron chi connectivity index (χ3n) is 4.17. The van der Waals surface area contributed by atoms with Crippen molar-refractivity contribution in [2.45, 2.75) is 30.6 Å². The van der Waals surface area contributed by atoms with Crippen molar-refractivity contribution in [2.75, 3.05) is 6.54 Å². The van der Waals surface area contributed by atoms with Gasteiger partial charge in [0.15, 0.2) is 0 Å². The standard InChI is InChI=1S/C17H16N2O4S2/c20-17-7-4-11-10-12(5-6-14(11)23-17)25(21,22)18-9-8-16-19-13-2-1-3-15(13)24-16/h4-7,10,18H,1-3,8-9H2. The average Bonchev–Trinajstić information content (AvgIpc) is 3.15. The topological polar surface area (TPSA) is 89.3 Å². The summed E-state index contributed by atoms with van der Waals surface area (Å²) >= 11 is 1.68. The number of hydrogen-bond donors (Lipinski definition) is 1. The minimum atomic E-state index is -3.62. The summed E-state index contributed by atoms with van der Waals surface area (Å²) in [6.45, 7) is 0.302. The Hall–Kier alpha value is -2.03. The molecule has 0 spiro atoms. The number of hydrogen-bond acceptors (Lipinski definition) is 6.